The second kappa shape index (κ2) is 9.94. The monoisotopic (exact) mass is 336 g/mol. The van der Waals surface area contributed by atoms with Crippen LogP contribution in [0.15, 0.2) is 24.3 Å². The Balaban J connectivity index is 0.00000242. The highest BCUT2D eigenvalue weighted by molar-refractivity contribution is 5.85. The number of halogens is 3. The first-order valence-electron chi connectivity index (χ1n) is 7.31. The summed E-state index contributed by atoms with van der Waals surface area (Å²) in [5, 5.41) is 12.4. The van der Waals surface area contributed by atoms with Crippen LogP contribution in [0.4, 0.5) is 8.78 Å². The predicted molar refractivity (Wildman–Crippen MR) is 83.8 cm³/mol. The van der Waals surface area contributed by atoms with E-state index in [1.54, 1.807) is 12.1 Å². The number of alkyl halides is 2. The quantitative estimate of drug-likeness (QED) is 0.802. The molecular weight excluding hydrogens is 314 g/mol. The first kappa shape index (κ1) is 19.1. The SMILES string of the molecule is Cl.OCCC[C@@H](c1ccc(OC(F)F)cc1)N1CCNCC1. The first-order chi connectivity index (χ1) is 10.2. The molecule has 1 saturated heterocycles. The van der Waals surface area contributed by atoms with E-state index in [9.17, 15) is 8.78 Å². The number of benzene rings is 1. The maximum atomic E-state index is 12.2. The zero-order chi connectivity index (χ0) is 15.1. The molecule has 1 aromatic carbocycles. The van der Waals surface area contributed by atoms with Crippen LogP contribution < -0.4 is 10.1 Å². The van der Waals surface area contributed by atoms with Gasteiger partial charge >= 0.3 is 6.61 Å². The van der Waals surface area contributed by atoms with Crippen LogP contribution in [0.5, 0.6) is 5.75 Å². The molecule has 1 atom stereocenters. The van der Waals surface area contributed by atoms with E-state index >= 15 is 0 Å². The van der Waals surface area contributed by atoms with Crippen molar-refractivity contribution in [1.29, 1.82) is 0 Å². The van der Waals surface area contributed by atoms with Crippen molar-refractivity contribution in [3.05, 3.63) is 29.8 Å². The molecule has 22 heavy (non-hydrogen) atoms. The van der Waals surface area contributed by atoms with Gasteiger partial charge < -0.3 is 15.2 Å². The van der Waals surface area contributed by atoms with Crippen LogP contribution in [0.3, 0.4) is 0 Å². The maximum absolute atomic E-state index is 12.2. The number of hydrogen-bond donors (Lipinski definition) is 2. The number of aliphatic hydroxyl groups excluding tert-OH is 1. The number of nitrogens with one attached hydrogen (secondary N) is 1. The van der Waals surface area contributed by atoms with E-state index in [0.29, 0.717) is 0 Å². The molecule has 4 nitrogen and oxygen atoms in total. The number of aliphatic hydroxyl groups is 1. The van der Waals surface area contributed by atoms with Crippen LogP contribution in [-0.4, -0.2) is 49.4 Å². The first-order valence-corrected chi connectivity index (χ1v) is 7.31. The van der Waals surface area contributed by atoms with Gasteiger partial charge in [0.15, 0.2) is 0 Å². The Morgan fingerprint density at radius 2 is 1.82 bits per heavy atom. The van der Waals surface area contributed by atoms with E-state index in [1.807, 2.05) is 12.1 Å². The fourth-order valence-electron chi connectivity index (χ4n) is 2.71. The molecule has 126 valence electrons. The lowest BCUT2D eigenvalue weighted by molar-refractivity contribution is -0.0498. The Morgan fingerprint density at radius 3 is 2.36 bits per heavy atom. The minimum absolute atomic E-state index is 0. The van der Waals surface area contributed by atoms with Crippen molar-refractivity contribution in [1.82, 2.24) is 10.2 Å². The Hall–Kier alpha value is -0.950. The molecule has 2 N–H and O–H groups in total. The van der Waals surface area contributed by atoms with Gasteiger partial charge in [0, 0.05) is 38.8 Å². The molecule has 0 aliphatic carbocycles. The number of rotatable bonds is 7. The standard InChI is InChI=1S/C15H22F2N2O2.ClH/c16-15(17)21-13-5-3-12(4-6-13)14(2-1-11-20)19-9-7-18-8-10-19;/h3-6,14-15,18,20H,1-2,7-11H2;1H/t14-;/m0./s1. The Kier molecular flexibility index (Phi) is 8.63. The Bertz CT molecular complexity index is 415. The van der Waals surface area contributed by atoms with E-state index in [2.05, 4.69) is 15.0 Å². The van der Waals surface area contributed by atoms with Crippen molar-refractivity contribution in [2.75, 3.05) is 32.8 Å². The van der Waals surface area contributed by atoms with Crippen LogP contribution in [0.2, 0.25) is 0 Å². The van der Waals surface area contributed by atoms with Crippen LogP contribution in [0, 0.1) is 0 Å². The lowest BCUT2D eigenvalue weighted by Gasteiger charge is -2.35. The second-order valence-corrected chi connectivity index (χ2v) is 5.12. The third-order valence-corrected chi connectivity index (χ3v) is 3.72. The number of hydrogen-bond acceptors (Lipinski definition) is 4. The van der Waals surface area contributed by atoms with Crippen molar-refractivity contribution in [2.24, 2.45) is 0 Å². The predicted octanol–water partition coefficient (Wildman–Crippen LogP) is 2.43. The summed E-state index contributed by atoms with van der Waals surface area (Å²) in [6.07, 6.45) is 1.58. The highest BCUT2D eigenvalue weighted by Gasteiger charge is 2.21. The van der Waals surface area contributed by atoms with Gasteiger partial charge in [-0.1, -0.05) is 12.1 Å². The Labute approximate surface area is 135 Å². The number of piperazine rings is 1. The van der Waals surface area contributed by atoms with E-state index in [-0.39, 0.29) is 30.8 Å². The van der Waals surface area contributed by atoms with Gasteiger partial charge in [0.25, 0.3) is 0 Å². The minimum Gasteiger partial charge on any atom is -0.435 e. The molecule has 7 heteroatoms. The molecule has 0 saturated carbocycles. The van der Waals surface area contributed by atoms with E-state index in [4.69, 9.17) is 5.11 Å². The van der Waals surface area contributed by atoms with E-state index < -0.39 is 6.61 Å². The van der Waals surface area contributed by atoms with Crippen molar-refractivity contribution in [3.8, 4) is 5.75 Å². The van der Waals surface area contributed by atoms with Crippen LogP contribution in [0.1, 0.15) is 24.4 Å². The fourth-order valence-corrected chi connectivity index (χ4v) is 2.71. The number of ether oxygens (including phenoxy) is 1. The summed E-state index contributed by atoms with van der Waals surface area (Å²) in [5.41, 5.74) is 1.08. The summed E-state index contributed by atoms with van der Waals surface area (Å²) >= 11 is 0. The molecule has 1 fully saturated rings. The van der Waals surface area contributed by atoms with Gasteiger partial charge in [-0.05, 0) is 30.5 Å². The second-order valence-electron chi connectivity index (χ2n) is 5.12. The molecule has 2 rings (SSSR count). The van der Waals surface area contributed by atoms with Crippen molar-refractivity contribution >= 4 is 12.4 Å². The lowest BCUT2D eigenvalue weighted by Crippen LogP contribution is -2.45. The van der Waals surface area contributed by atoms with Crippen LogP contribution in [0.25, 0.3) is 0 Å². The van der Waals surface area contributed by atoms with Gasteiger partial charge in [-0.25, -0.2) is 0 Å². The summed E-state index contributed by atoms with van der Waals surface area (Å²) in [6.45, 7) is 1.16. The normalized spacial score (nSPS) is 17.1. The van der Waals surface area contributed by atoms with E-state index in [1.165, 1.54) is 0 Å². The molecule has 0 amide bonds. The van der Waals surface area contributed by atoms with Gasteiger partial charge in [-0.2, -0.15) is 8.78 Å². The van der Waals surface area contributed by atoms with Gasteiger partial charge in [-0.15, -0.1) is 12.4 Å². The van der Waals surface area contributed by atoms with Gasteiger partial charge in [0.1, 0.15) is 5.75 Å². The molecule has 1 heterocycles. The average Bonchev–Trinajstić information content (AvgIpc) is 2.50. The summed E-state index contributed by atoms with van der Waals surface area (Å²) in [7, 11) is 0. The molecular formula is C15H23ClF2N2O2. The highest BCUT2D eigenvalue weighted by Crippen LogP contribution is 2.28. The van der Waals surface area contributed by atoms with Crippen molar-refractivity contribution < 1.29 is 18.6 Å². The third kappa shape index (κ3) is 5.68. The summed E-state index contributed by atoms with van der Waals surface area (Å²) in [5.74, 6) is 0.176. The maximum Gasteiger partial charge on any atom is 0.387 e. The zero-order valence-electron chi connectivity index (χ0n) is 12.4. The smallest absolute Gasteiger partial charge is 0.387 e. The van der Waals surface area contributed by atoms with Gasteiger partial charge in [0.2, 0.25) is 0 Å². The molecule has 0 unspecified atom stereocenters. The van der Waals surface area contributed by atoms with Crippen molar-refractivity contribution in [3.63, 3.8) is 0 Å². The fraction of sp³-hybridized carbons (Fsp3) is 0.600. The molecule has 0 spiro atoms. The minimum atomic E-state index is -2.80. The van der Waals surface area contributed by atoms with Crippen molar-refractivity contribution in [2.45, 2.75) is 25.5 Å². The van der Waals surface area contributed by atoms with E-state index in [0.717, 1.165) is 44.6 Å². The average molecular weight is 337 g/mol. The molecule has 1 aliphatic heterocycles. The van der Waals surface area contributed by atoms with Gasteiger partial charge in [0.05, 0.1) is 0 Å². The highest BCUT2D eigenvalue weighted by atomic mass is 35.5. The molecule has 1 aliphatic rings. The topological polar surface area (TPSA) is 44.7 Å². The van der Waals surface area contributed by atoms with Crippen LogP contribution in [-0.2, 0) is 0 Å². The largest absolute Gasteiger partial charge is 0.435 e. The molecule has 0 aromatic heterocycles. The Morgan fingerprint density at radius 1 is 1.18 bits per heavy atom. The number of nitrogens with zero attached hydrogens (tertiary/aromatic N) is 1. The summed E-state index contributed by atoms with van der Waals surface area (Å²) in [6, 6.07) is 7.04. The summed E-state index contributed by atoms with van der Waals surface area (Å²) in [4.78, 5) is 2.37. The van der Waals surface area contributed by atoms with Crippen LogP contribution >= 0.6 is 12.4 Å². The third-order valence-electron chi connectivity index (χ3n) is 3.72. The lowest BCUT2D eigenvalue weighted by atomic mass is 9.99. The molecule has 1 aromatic rings. The molecule has 0 radical (unpaired) electrons. The molecule has 0 bridgehead atoms. The van der Waals surface area contributed by atoms with Gasteiger partial charge in [-0.3, -0.25) is 4.90 Å². The summed E-state index contributed by atoms with van der Waals surface area (Å²) < 4.78 is 28.7. The zero-order valence-corrected chi connectivity index (χ0v) is 13.2.